The van der Waals surface area contributed by atoms with Crippen LogP contribution in [-0.4, -0.2) is 27.6 Å². The molecular weight excluding hydrogens is 334 g/mol. The normalized spacial score (nSPS) is 10.6. The van der Waals surface area contributed by atoms with Crippen molar-refractivity contribution in [2.75, 3.05) is 11.9 Å². The molecule has 2 heterocycles. The third-order valence-corrected chi connectivity index (χ3v) is 4.62. The van der Waals surface area contributed by atoms with E-state index in [9.17, 15) is 4.79 Å². The average molecular weight is 355 g/mol. The van der Waals surface area contributed by atoms with Crippen molar-refractivity contribution in [3.63, 3.8) is 0 Å². The van der Waals surface area contributed by atoms with Crippen LogP contribution in [0.15, 0.2) is 41.8 Å². The van der Waals surface area contributed by atoms with E-state index in [2.05, 4.69) is 50.9 Å². The lowest BCUT2D eigenvalue weighted by Crippen LogP contribution is -2.27. The molecule has 0 spiro atoms. The monoisotopic (exact) mass is 355 g/mol. The Balaban J connectivity index is 1.41. The van der Waals surface area contributed by atoms with E-state index in [1.807, 2.05) is 23.6 Å². The van der Waals surface area contributed by atoms with Crippen molar-refractivity contribution in [1.82, 2.24) is 20.5 Å². The average Bonchev–Trinajstić information content (AvgIpc) is 3.26. The smallest absolute Gasteiger partial charge is 0.227 e. The Morgan fingerprint density at radius 3 is 2.84 bits per heavy atom. The predicted octanol–water partition coefficient (Wildman–Crippen LogP) is 2.69. The molecular formula is C18H21N5OS. The maximum atomic E-state index is 11.9. The summed E-state index contributed by atoms with van der Waals surface area (Å²) in [4.78, 5) is 17.6. The van der Waals surface area contributed by atoms with Crippen molar-refractivity contribution in [1.29, 1.82) is 0 Å². The number of aromatic amines is 1. The molecule has 1 aromatic carbocycles. The molecule has 0 aliphatic rings. The van der Waals surface area contributed by atoms with Gasteiger partial charge in [0.1, 0.15) is 5.82 Å². The third-order valence-electron chi connectivity index (χ3n) is 3.68. The van der Waals surface area contributed by atoms with Crippen LogP contribution in [0, 0.1) is 6.92 Å². The Hall–Kier alpha value is -2.67. The number of aryl methyl sites for hydroxylation is 1. The van der Waals surface area contributed by atoms with Gasteiger partial charge in [-0.25, -0.2) is 4.98 Å². The molecule has 6 nitrogen and oxygen atoms in total. The minimum atomic E-state index is -0.0615. The molecule has 3 rings (SSSR count). The van der Waals surface area contributed by atoms with Gasteiger partial charge < -0.3 is 10.6 Å². The van der Waals surface area contributed by atoms with Crippen LogP contribution >= 0.6 is 11.3 Å². The fraction of sp³-hybridized carbons (Fsp3) is 0.278. The van der Waals surface area contributed by atoms with Crippen molar-refractivity contribution in [3.8, 4) is 0 Å². The van der Waals surface area contributed by atoms with Gasteiger partial charge >= 0.3 is 0 Å². The molecule has 0 bridgehead atoms. The quantitative estimate of drug-likeness (QED) is 0.580. The zero-order valence-corrected chi connectivity index (χ0v) is 14.9. The Morgan fingerprint density at radius 1 is 1.24 bits per heavy atom. The second kappa shape index (κ2) is 8.43. The number of thiophene rings is 1. The number of carbonyl (C=O) groups is 1. The number of amides is 1. The third kappa shape index (κ3) is 5.42. The SMILES string of the molecule is Cc1ccc(NCc2nc(CC(=O)NCCc3cccs3)n[nH]2)cc1. The molecule has 130 valence electrons. The van der Waals surface area contributed by atoms with Gasteiger partial charge in [-0.3, -0.25) is 9.89 Å². The molecule has 0 saturated carbocycles. The van der Waals surface area contributed by atoms with Crippen molar-refractivity contribution in [2.24, 2.45) is 0 Å². The second-order valence-electron chi connectivity index (χ2n) is 5.77. The Bertz CT molecular complexity index is 795. The molecule has 0 fully saturated rings. The minimum absolute atomic E-state index is 0.0615. The van der Waals surface area contributed by atoms with Crippen LogP contribution in [0.2, 0.25) is 0 Å². The highest BCUT2D eigenvalue weighted by molar-refractivity contribution is 7.09. The highest BCUT2D eigenvalue weighted by Gasteiger charge is 2.09. The summed E-state index contributed by atoms with van der Waals surface area (Å²) in [7, 11) is 0. The van der Waals surface area contributed by atoms with Crippen LogP contribution in [0.5, 0.6) is 0 Å². The zero-order chi connectivity index (χ0) is 17.5. The van der Waals surface area contributed by atoms with E-state index in [4.69, 9.17) is 0 Å². The van der Waals surface area contributed by atoms with Crippen molar-refractivity contribution >= 4 is 22.9 Å². The molecule has 3 aromatic rings. The van der Waals surface area contributed by atoms with Crippen LogP contribution in [0.1, 0.15) is 22.1 Å². The minimum Gasteiger partial charge on any atom is -0.378 e. The van der Waals surface area contributed by atoms with Crippen LogP contribution in [-0.2, 0) is 24.2 Å². The summed E-state index contributed by atoms with van der Waals surface area (Å²) in [6, 6.07) is 12.2. The van der Waals surface area contributed by atoms with Crippen molar-refractivity contribution in [2.45, 2.75) is 26.3 Å². The summed E-state index contributed by atoms with van der Waals surface area (Å²) in [5, 5.41) is 15.2. The fourth-order valence-corrected chi connectivity index (χ4v) is 3.05. The standard InChI is InChI=1S/C18H21N5OS/c1-13-4-6-14(7-5-13)20-12-17-21-16(22-23-17)11-18(24)19-9-8-15-3-2-10-25-15/h2-7,10,20H,8-9,11-12H2,1H3,(H,19,24)(H,21,22,23). The largest absolute Gasteiger partial charge is 0.378 e. The maximum Gasteiger partial charge on any atom is 0.227 e. The summed E-state index contributed by atoms with van der Waals surface area (Å²) in [5.41, 5.74) is 2.24. The van der Waals surface area contributed by atoms with Gasteiger partial charge in [0.15, 0.2) is 5.82 Å². The number of aromatic nitrogens is 3. The summed E-state index contributed by atoms with van der Waals surface area (Å²) in [6.07, 6.45) is 1.04. The molecule has 7 heteroatoms. The van der Waals surface area contributed by atoms with Crippen LogP contribution in [0.3, 0.4) is 0 Å². The van der Waals surface area contributed by atoms with E-state index >= 15 is 0 Å². The lowest BCUT2D eigenvalue weighted by molar-refractivity contribution is -0.120. The topological polar surface area (TPSA) is 82.7 Å². The van der Waals surface area contributed by atoms with E-state index < -0.39 is 0 Å². The number of hydrogen-bond acceptors (Lipinski definition) is 5. The second-order valence-corrected chi connectivity index (χ2v) is 6.81. The molecule has 25 heavy (non-hydrogen) atoms. The Morgan fingerprint density at radius 2 is 2.08 bits per heavy atom. The number of nitrogens with one attached hydrogen (secondary N) is 3. The molecule has 0 atom stereocenters. The van der Waals surface area contributed by atoms with Crippen LogP contribution in [0.4, 0.5) is 5.69 Å². The van der Waals surface area contributed by atoms with Gasteiger partial charge in [-0.15, -0.1) is 11.3 Å². The highest BCUT2D eigenvalue weighted by atomic mass is 32.1. The first-order chi connectivity index (χ1) is 12.2. The van der Waals surface area contributed by atoms with Crippen LogP contribution < -0.4 is 10.6 Å². The van der Waals surface area contributed by atoms with E-state index in [-0.39, 0.29) is 12.3 Å². The number of anilines is 1. The molecule has 0 aliphatic carbocycles. The summed E-state index contributed by atoms with van der Waals surface area (Å²) < 4.78 is 0. The Labute approximate surface area is 150 Å². The van der Waals surface area contributed by atoms with Crippen LogP contribution in [0.25, 0.3) is 0 Å². The lowest BCUT2D eigenvalue weighted by atomic mass is 10.2. The van der Waals surface area contributed by atoms with Crippen molar-refractivity contribution in [3.05, 3.63) is 63.9 Å². The van der Waals surface area contributed by atoms with E-state index in [0.717, 1.165) is 12.1 Å². The highest BCUT2D eigenvalue weighted by Crippen LogP contribution is 2.10. The lowest BCUT2D eigenvalue weighted by Gasteiger charge is -2.04. The molecule has 0 radical (unpaired) electrons. The molecule has 0 unspecified atom stereocenters. The zero-order valence-electron chi connectivity index (χ0n) is 14.1. The first-order valence-corrected chi connectivity index (χ1v) is 9.07. The van der Waals surface area contributed by atoms with Gasteiger partial charge in [-0.05, 0) is 36.9 Å². The number of benzene rings is 1. The Kier molecular flexibility index (Phi) is 5.79. The van der Waals surface area contributed by atoms with Gasteiger partial charge in [0, 0.05) is 17.1 Å². The maximum absolute atomic E-state index is 11.9. The number of H-pyrrole nitrogens is 1. The first kappa shape index (κ1) is 17.2. The summed E-state index contributed by atoms with van der Waals surface area (Å²) >= 11 is 1.70. The number of rotatable bonds is 8. The van der Waals surface area contributed by atoms with Gasteiger partial charge in [-0.2, -0.15) is 5.10 Å². The van der Waals surface area contributed by atoms with E-state index in [0.29, 0.717) is 24.7 Å². The molecule has 2 aromatic heterocycles. The number of carbonyl (C=O) groups excluding carboxylic acids is 1. The van der Waals surface area contributed by atoms with Gasteiger partial charge in [0.05, 0.1) is 13.0 Å². The first-order valence-electron chi connectivity index (χ1n) is 8.19. The van der Waals surface area contributed by atoms with Gasteiger partial charge in [-0.1, -0.05) is 23.8 Å². The van der Waals surface area contributed by atoms with Crippen molar-refractivity contribution < 1.29 is 4.79 Å². The van der Waals surface area contributed by atoms with E-state index in [1.54, 1.807) is 11.3 Å². The number of hydrogen-bond donors (Lipinski definition) is 3. The van der Waals surface area contributed by atoms with E-state index in [1.165, 1.54) is 10.4 Å². The fourth-order valence-electron chi connectivity index (χ4n) is 2.34. The summed E-state index contributed by atoms with van der Waals surface area (Å²) in [5.74, 6) is 1.16. The molecule has 1 amide bonds. The summed E-state index contributed by atoms with van der Waals surface area (Å²) in [6.45, 7) is 3.22. The molecule has 3 N–H and O–H groups in total. The van der Waals surface area contributed by atoms with Gasteiger partial charge in [0.25, 0.3) is 0 Å². The molecule has 0 aliphatic heterocycles. The number of nitrogens with zero attached hydrogens (tertiary/aromatic N) is 2. The molecule has 0 saturated heterocycles. The predicted molar refractivity (Wildman–Crippen MR) is 99.6 cm³/mol. The van der Waals surface area contributed by atoms with Gasteiger partial charge in [0.2, 0.25) is 5.91 Å².